The predicted molar refractivity (Wildman–Crippen MR) is 75.4 cm³/mol. The molecule has 2 N–H and O–H groups in total. The summed E-state index contributed by atoms with van der Waals surface area (Å²) < 4.78 is 0. The molecule has 0 aliphatic rings. The molecule has 0 aliphatic carbocycles. The highest BCUT2D eigenvalue weighted by Gasteiger charge is 2.04. The van der Waals surface area contributed by atoms with Crippen LogP contribution in [0.2, 0.25) is 0 Å². The highest BCUT2D eigenvalue weighted by atomic mass is 15.1. The van der Waals surface area contributed by atoms with Gasteiger partial charge in [-0.15, -0.1) is 0 Å². The van der Waals surface area contributed by atoms with Crippen LogP contribution in [0.1, 0.15) is 18.3 Å². The topological polar surface area (TPSA) is 49.8 Å². The van der Waals surface area contributed by atoms with Gasteiger partial charge in [-0.3, -0.25) is 0 Å². The van der Waals surface area contributed by atoms with Crippen LogP contribution in [0.5, 0.6) is 0 Å². The molecule has 0 fully saturated rings. The Labute approximate surface area is 107 Å². The van der Waals surface area contributed by atoms with Crippen LogP contribution in [0.25, 0.3) is 0 Å². The average Bonchev–Trinajstić information content (AvgIpc) is 2.41. The van der Waals surface area contributed by atoms with E-state index in [9.17, 15) is 0 Å². The summed E-state index contributed by atoms with van der Waals surface area (Å²) in [5.74, 6) is 2.48. The first kappa shape index (κ1) is 12.4. The second kappa shape index (κ2) is 5.49. The summed E-state index contributed by atoms with van der Waals surface area (Å²) in [5.41, 5.74) is 2.26. The van der Waals surface area contributed by atoms with Crippen LogP contribution < -0.4 is 10.6 Å². The van der Waals surface area contributed by atoms with Gasteiger partial charge in [-0.2, -0.15) is 0 Å². The van der Waals surface area contributed by atoms with E-state index in [1.54, 1.807) is 0 Å². The van der Waals surface area contributed by atoms with Gasteiger partial charge in [0.15, 0.2) is 0 Å². The largest absolute Gasteiger partial charge is 0.373 e. The van der Waals surface area contributed by atoms with Gasteiger partial charge >= 0.3 is 0 Å². The zero-order chi connectivity index (χ0) is 13.0. The fourth-order valence-corrected chi connectivity index (χ4v) is 1.70. The molecule has 1 aromatic heterocycles. The average molecular weight is 242 g/mol. The van der Waals surface area contributed by atoms with Crippen LogP contribution in [0.4, 0.5) is 17.3 Å². The molecule has 18 heavy (non-hydrogen) atoms. The van der Waals surface area contributed by atoms with E-state index in [4.69, 9.17) is 0 Å². The first-order valence-electron chi connectivity index (χ1n) is 6.11. The number of aromatic nitrogens is 2. The molecule has 1 aromatic carbocycles. The molecule has 0 saturated carbocycles. The van der Waals surface area contributed by atoms with Gasteiger partial charge < -0.3 is 10.6 Å². The molecule has 1 heterocycles. The third-order valence-electron chi connectivity index (χ3n) is 2.75. The summed E-state index contributed by atoms with van der Waals surface area (Å²) in [6, 6.07) is 10.1. The lowest BCUT2D eigenvalue weighted by atomic mass is 10.2. The van der Waals surface area contributed by atoms with Gasteiger partial charge in [-0.25, -0.2) is 9.97 Å². The minimum absolute atomic E-state index is 0.817. The van der Waals surface area contributed by atoms with E-state index < -0.39 is 0 Å². The smallest absolute Gasteiger partial charge is 0.136 e. The molecule has 0 spiro atoms. The Hall–Kier alpha value is -2.10. The quantitative estimate of drug-likeness (QED) is 0.864. The molecule has 94 valence electrons. The summed E-state index contributed by atoms with van der Waals surface area (Å²) in [5, 5.41) is 6.38. The molecule has 0 aliphatic heterocycles. The van der Waals surface area contributed by atoms with Crippen LogP contribution in [-0.4, -0.2) is 17.0 Å². The fourth-order valence-electron chi connectivity index (χ4n) is 1.70. The number of rotatable bonds is 4. The lowest BCUT2D eigenvalue weighted by Gasteiger charge is -2.11. The molecule has 0 atom stereocenters. The van der Waals surface area contributed by atoms with Crippen molar-refractivity contribution >= 4 is 17.3 Å². The molecular formula is C14H18N4. The van der Waals surface area contributed by atoms with Crippen LogP contribution in [0, 0.1) is 6.92 Å². The third-order valence-corrected chi connectivity index (χ3v) is 2.75. The molecule has 2 rings (SSSR count). The Bertz CT molecular complexity index is 515. The van der Waals surface area contributed by atoms with Crippen molar-refractivity contribution in [3.63, 3.8) is 0 Å². The molecule has 0 saturated heterocycles. The zero-order valence-corrected chi connectivity index (χ0v) is 11.0. The van der Waals surface area contributed by atoms with Crippen LogP contribution in [0.3, 0.4) is 0 Å². The predicted octanol–water partition coefficient (Wildman–Crippen LogP) is 3.13. The Morgan fingerprint density at radius 1 is 1.11 bits per heavy atom. The van der Waals surface area contributed by atoms with E-state index in [0.717, 1.165) is 29.6 Å². The van der Waals surface area contributed by atoms with Crippen molar-refractivity contribution in [2.24, 2.45) is 0 Å². The summed E-state index contributed by atoms with van der Waals surface area (Å²) in [7, 11) is 1.86. The highest BCUT2D eigenvalue weighted by Crippen LogP contribution is 2.20. The number of nitrogens with zero attached hydrogens (tertiary/aromatic N) is 2. The van der Waals surface area contributed by atoms with Crippen molar-refractivity contribution in [1.29, 1.82) is 0 Å². The Morgan fingerprint density at radius 3 is 2.50 bits per heavy atom. The van der Waals surface area contributed by atoms with Crippen molar-refractivity contribution in [1.82, 2.24) is 9.97 Å². The number of nitrogens with one attached hydrogen (secondary N) is 2. The zero-order valence-electron chi connectivity index (χ0n) is 11.0. The van der Waals surface area contributed by atoms with Gasteiger partial charge in [0.05, 0.1) is 0 Å². The van der Waals surface area contributed by atoms with Gasteiger partial charge in [0, 0.05) is 25.2 Å². The van der Waals surface area contributed by atoms with Gasteiger partial charge in [0.1, 0.15) is 17.5 Å². The lowest BCUT2D eigenvalue weighted by Crippen LogP contribution is -2.03. The van der Waals surface area contributed by atoms with Gasteiger partial charge in [-0.05, 0) is 18.6 Å². The number of anilines is 3. The molecule has 0 unspecified atom stereocenters. The minimum atomic E-state index is 0.817. The highest BCUT2D eigenvalue weighted by molar-refractivity contribution is 5.62. The van der Waals surface area contributed by atoms with Gasteiger partial charge in [0.25, 0.3) is 0 Å². The number of para-hydroxylation sites is 1. The van der Waals surface area contributed by atoms with Crippen LogP contribution >= 0.6 is 0 Å². The molecule has 2 aromatic rings. The van der Waals surface area contributed by atoms with E-state index in [1.165, 1.54) is 5.56 Å². The number of hydrogen-bond donors (Lipinski definition) is 2. The van der Waals surface area contributed by atoms with E-state index in [2.05, 4.69) is 33.6 Å². The monoisotopic (exact) mass is 242 g/mol. The molecule has 4 heteroatoms. The van der Waals surface area contributed by atoms with E-state index in [1.807, 2.05) is 38.2 Å². The third kappa shape index (κ3) is 2.77. The lowest BCUT2D eigenvalue weighted by molar-refractivity contribution is 0.944. The second-order valence-electron chi connectivity index (χ2n) is 4.10. The van der Waals surface area contributed by atoms with E-state index >= 15 is 0 Å². The number of benzene rings is 1. The summed E-state index contributed by atoms with van der Waals surface area (Å²) in [6.07, 6.45) is 0.817. The summed E-state index contributed by atoms with van der Waals surface area (Å²) in [4.78, 5) is 8.85. The summed E-state index contributed by atoms with van der Waals surface area (Å²) in [6.45, 7) is 4.12. The van der Waals surface area contributed by atoms with Gasteiger partial charge in [0.2, 0.25) is 0 Å². The molecule has 0 radical (unpaired) electrons. The standard InChI is InChI=1S/C14H18N4/c1-4-12-17-13(15-3)9-14(18-12)16-11-8-6-5-7-10(11)2/h5-9H,4H2,1-3H3,(H2,15,16,17,18). The van der Waals surface area contributed by atoms with E-state index in [0.29, 0.717) is 0 Å². The minimum Gasteiger partial charge on any atom is -0.373 e. The van der Waals surface area contributed by atoms with Crippen LogP contribution in [0.15, 0.2) is 30.3 Å². The first-order valence-corrected chi connectivity index (χ1v) is 6.11. The second-order valence-corrected chi connectivity index (χ2v) is 4.10. The summed E-state index contributed by atoms with van der Waals surface area (Å²) >= 11 is 0. The maximum absolute atomic E-state index is 4.47. The number of aryl methyl sites for hydroxylation is 2. The van der Waals surface area contributed by atoms with Crippen molar-refractivity contribution < 1.29 is 0 Å². The molecule has 0 bridgehead atoms. The van der Waals surface area contributed by atoms with Crippen molar-refractivity contribution in [2.75, 3.05) is 17.7 Å². The molecular weight excluding hydrogens is 224 g/mol. The van der Waals surface area contributed by atoms with Crippen LogP contribution in [-0.2, 0) is 6.42 Å². The Kier molecular flexibility index (Phi) is 3.77. The van der Waals surface area contributed by atoms with Gasteiger partial charge in [-0.1, -0.05) is 25.1 Å². The number of hydrogen-bond acceptors (Lipinski definition) is 4. The van der Waals surface area contributed by atoms with E-state index in [-0.39, 0.29) is 0 Å². The normalized spacial score (nSPS) is 10.2. The van der Waals surface area contributed by atoms with Crippen molar-refractivity contribution in [3.8, 4) is 0 Å². The maximum atomic E-state index is 4.47. The SMILES string of the molecule is CCc1nc(NC)cc(Nc2ccccc2C)n1. The molecule has 0 amide bonds. The van der Waals surface area contributed by atoms with Crippen molar-refractivity contribution in [2.45, 2.75) is 20.3 Å². The maximum Gasteiger partial charge on any atom is 0.136 e. The first-order chi connectivity index (χ1) is 8.72. The molecule has 4 nitrogen and oxygen atoms in total. The Balaban J connectivity index is 2.31. The Morgan fingerprint density at radius 2 is 1.83 bits per heavy atom. The van der Waals surface area contributed by atoms with Crippen molar-refractivity contribution in [3.05, 3.63) is 41.7 Å². The fraction of sp³-hybridized carbons (Fsp3) is 0.286.